The summed E-state index contributed by atoms with van der Waals surface area (Å²) >= 11 is 0. The van der Waals surface area contributed by atoms with E-state index in [0.717, 1.165) is 75.2 Å². The number of carbonyl (C=O) groups excluding carboxylic acids is 2. The monoisotopic (exact) mass is 402 g/mol. The molecule has 5 heteroatoms. The molecule has 2 atom stereocenters. The van der Waals surface area contributed by atoms with Crippen LogP contribution in [0.4, 0.5) is 5.69 Å². The average molecular weight is 403 g/mol. The Morgan fingerprint density at radius 3 is 2.28 bits per heavy atom. The van der Waals surface area contributed by atoms with Gasteiger partial charge in [-0.1, -0.05) is 32.0 Å². The number of likely N-dealkylation sites (tertiary alicyclic amines) is 1. The summed E-state index contributed by atoms with van der Waals surface area (Å²) in [5.41, 5.74) is 3.10. The third kappa shape index (κ3) is 6.05. The van der Waals surface area contributed by atoms with Crippen molar-refractivity contribution >= 4 is 17.5 Å². The number of anilines is 1. The standard InChI is InChI=1S/C24H39N3O2/c1-6-14-26(15-7-2)24(29)21-13-10-16-27(8-3,17-21)18-22(28)25-23-19(4)11-9-12-20(23)5/h9,11-12,21H,6-8,10,13-18H2,1-5H3/p+1. The van der Waals surface area contributed by atoms with Crippen molar-refractivity contribution in [2.75, 3.05) is 44.6 Å². The third-order valence-electron chi connectivity index (χ3n) is 6.34. The Kier molecular flexibility index (Phi) is 8.69. The van der Waals surface area contributed by atoms with Gasteiger partial charge in [-0.3, -0.25) is 9.59 Å². The summed E-state index contributed by atoms with van der Waals surface area (Å²) in [6.45, 7) is 15.2. The number of carbonyl (C=O) groups is 2. The Morgan fingerprint density at radius 1 is 1.10 bits per heavy atom. The van der Waals surface area contributed by atoms with Crippen molar-refractivity contribution in [3.8, 4) is 0 Å². The molecule has 1 fully saturated rings. The number of rotatable bonds is 9. The molecule has 0 bridgehead atoms. The highest BCUT2D eigenvalue weighted by atomic mass is 16.2. The van der Waals surface area contributed by atoms with Crippen LogP contribution in [0.2, 0.25) is 0 Å². The Bertz CT molecular complexity index is 677. The molecule has 0 saturated carbocycles. The van der Waals surface area contributed by atoms with E-state index in [0.29, 0.717) is 16.9 Å². The highest BCUT2D eigenvalue weighted by molar-refractivity contribution is 5.93. The van der Waals surface area contributed by atoms with Crippen LogP contribution in [-0.2, 0) is 9.59 Å². The first-order valence-corrected chi connectivity index (χ1v) is 11.4. The number of hydrogen-bond donors (Lipinski definition) is 1. The van der Waals surface area contributed by atoms with Gasteiger partial charge in [-0.25, -0.2) is 0 Å². The van der Waals surface area contributed by atoms with Crippen LogP contribution in [0.5, 0.6) is 0 Å². The maximum absolute atomic E-state index is 13.2. The predicted molar refractivity (Wildman–Crippen MR) is 120 cm³/mol. The first-order valence-electron chi connectivity index (χ1n) is 11.4. The zero-order chi connectivity index (χ0) is 21.4. The molecule has 1 N–H and O–H groups in total. The van der Waals surface area contributed by atoms with Crippen molar-refractivity contribution in [1.82, 2.24) is 4.90 Å². The summed E-state index contributed by atoms with van der Waals surface area (Å²) in [4.78, 5) is 28.1. The maximum Gasteiger partial charge on any atom is 0.279 e. The molecule has 1 aliphatic rings. The third-order valence-corrected chi connectivity index (χ3v) is 6.34. The number of aryl methyl sites for hydroxylation is 2. The molecule has 5 nitrogen and oxygen atoms in total. The first-order chi connectivity index (χ1) is 13.9. The van der Waals surface area contributed by atoms with Crippen molar-refractivity contribution in [1.29, 1.82) is 0 Å². The molecule has 0 aromatic heterocycles. The normalized spacial score (nSPS) is 21.6. The minimum Gasteiger partial charge on any atom is -0.342 e. The Hall–Kier alpha value is -1.88. The first kappa shape index (κ1) is 23.4. The van der Waals surface area contributed by atoms with Crippen LogP contribution in [0.3, 0.4) is 0 Å². The molecule has 0 aliphatic carbocycles. The molecule has 29 heavy (non-hydrogen) atoms. The summed E-state index contributed by atoms with van der Waals surface area (Å²) < 4.78 is 0.708. The molecule has 2 amide bonds. The van der Waals surface area contributed by atoms with E-state index >= 15 is 0 Å². The molecule has 1 heterocycles. The van der Waals surface area contributed by atoms with Gasteiger partial charge in [0, 0.05) is 18.8 Å². The number of para-hydroxylation sites is 1. The number of piperidine rings is 1. The van der Waals surface area contributed by atoms with Crippen LogP contribution < -0.4 is 5.32 Å². The summed E-state index contributed by atoms with van der Waals surface area (Å²) in [6.07, 6.45) is 3.93. The van der Waals surface area contributed by atoms with Crippen molar-refractivity contribution in [3.63, 3.8) is 0 Å². The molecule has 1 aromatic rings. The lowest BCUT2D eigenvalue weighted by Gasteiger charge is -2.43. The van der Waals surface area contributed by atoms with E-state index in [-0.39, 0.29) is 11.8 Å². The van der Waals surface area contributed by atoms with Crippen LogP contribution >= 0.6 is 0 Å². The fourth-order valence-electron chi connectivity index (χ4n) is 4.69. The van der Waals surface area contributed by atoms with Gasteiger partial charge in [0.25, 0.3) is 5.91 Å². The van der Waals surface area contributed by atoms with Gasteiger partial charge in [0.1, 0.15) is 0 Å². The SMILES string of the molecule is CCCN(CCC)C(=O)C1CCC[N+](CC)(CC(=O)Nc2c(C)cccc2C)C1. The summed E-state index contributed by atoms with van der Waals surface area (Å²) in [5.74, 6) is 0.380. The van der Waals surface area contributed by atoms with Gasteiger partial charge in [0.05, 0.1) is 25.6 Å². The van der Waals surface area contributed by atoms with E-state index < -0.39 is 0 Å². The topological polar surface area (TPSA) is 49.4 Å². The van der Waals surface area contributed by atoms with Crippen LogP contribution in [0, 0.1) is 19.8 Å². The summed E-state index contributed by atoms with van der Waals surface area (Å²) in [5, 5.41) is 3.14. The minimum absolute atomic E-state index is 0.0368. The molecule has 162 valence electrons. The highest BCUT2D eigenvalue weighted by Gasteiger charge is 2.39. The van der Waals surface area contributed by atoms with E-state index in [2.05, 4.69) is 26.1 Å². The number of nitrogens with zero attached hydrogens (tertiary/aromatic N) is 2. The largest absolute Gasteiger partial charge is 0.342 e. The molecule has 1 aliphatic heterocycles. The molecule has 0 spiro atoms. The lowest BCUT2D eigenvalue weighted by molar-refractivity contribution is -0.925. The number of hydrogen-bond acceptors (Lipinski definition) is 2. The quantitative estimate of drug-likeness (QED) is 0.631. The van der Waals surface area contributed by atoms with Gasteiger partial charge >= 0.3 is 0 Å². The minimum atomic E-state index is 0.0368. The molecule has 1 aromatic carbocycles. The summed E-state index contributed by atoms with van der Waals surface area (Å²) in [7, 11) is 0. The number of nitrogens with one attached hydrogen (secondary N) is 1. The second-order valence-electron chi connectivity index (χ2n) is 8.70. The fourth-order valence-corrected chi connectivity index (χ4v) is 4.69. The second kappa shape index (κ2) is 10.8. The zero-order valence-electron chi connectivity index (χ0n) is 19.1. The van der Waals surface area contributed by atoms with Crippen molar-refractivity contribution < 1.29 is 14.1 Å². The van der Waals surface area contributed by atoms with E-state index in [1.54, 1.807) is 0 Å². The van der Waals surface area contributed by atoms with Gasteiger partial charge in [-0.05, 0) is 57.6 Å². The Morgan fingerprint density at radius 2 is 1.72 bits per heavy atom. The Balaban J connectivity index is 2.09. The van der Waals surface area contributed by atoms with E-state index in [1.807, 2.05) is 36.9 Å². The molecule has 0 radical (unpaired) electrons. The van der Waals surface area contributed by atoms with Gasteiger partial charge in [-0.2, -0.15) is 0 Å². The molecular weight excluding hydrogens is 362 g/mol. The number of benzene rings is 1. The van der Waals surface area contributed by atoms with Gasteiger partial charge in [0.15, 0.2) is 6.54 Å². The van der Waals surface area contributed by atoms with Crippen molar-refractivity contribution in [3.05, 3.63) is 29.3 Å². The van der Waals surface area contributed by atoms with Crippen molar-refractivity contribution in [2.45, 2.75) is 60.3 Å². The lowest BCUT2D eigenvalue weighted by atomic mass is 9.93. The maximum atomic E-state index is 13.2. The smallest absolute Gasteiger partial charge is 0.279 e. The van der Waals surface area contributed by atoms with Crippen LogP contribution in [0.15, 0.2) is 18.2 Å². The van der Waals surface area contributed by atoms with Crippen LogP contribution in [0.1, 0.15) is 57.6 Å². The van der Waals surface area contributed by atoms with Gasteiger partial charge < -0.3 is 14.7 Å². The van der Waals surface area contributed by atoms with E-state index in [1.165, 1.54) is 0 Å². The zero-order valence-corrected chi connectivity index (χ0v) is 19.1. The fraction of sp³-hybridized carbons (Fsp3) is 0.667. The molecule has 1 saturated heterocycles. The molecule has 2 unspecified atom stereocenters. The van der Waals surface area contributed by atoms with Gasteiger partial charge in [0.2, 0.25) is 5.91 Å². The molecule has 2 rings (SSSR count). The van der Waals surface area contributed by atoms with Crippen LogP contribution in [-0.4, -0.2) is 60.5 Å². The lowest BCUT2D eigenvalue weighted by Crippen LogP contribution is -2.59. The predicted octanol–water partition coefficient (Wildman–Crippen LogP) is 4.14. The number of likely N-dealkylation sites (N-methyl/N-ethyl adjacent to an activating group) is 1. The average Bonchev–Trinajstić information content (AvgIpc) is 2.70. The van der Waals surface area contributed by atoms with Gasteiger partial charge in [-0.15, -0.1) is 0 Å². The second-order valence-corrected chi connectivity index (χ2v) is 8.70. The summed E-state index contributed by atoms with van der Waals surface area (Å²) in [6, 6.07) is 6.07. The number of amides is 2. The number of quaternary nitrogens is 1. The van der Waals surface area contributed by atoms with E-state index in [4.69, 9.17) is 0 Å². The highest BCUT2D eigenvalue weighted by Crippen LogP contribution is 2.26. The Labute approximate surface area is 177 Å². The van der Waals surface area contributed by atoms with Crippen molar-refractivity contribution in [2.24, 2.45) is 5.92 Å². The van der Waals surface area contributed by atoms with E-state index in [9.17, 15) is 9.59 Å². The van der Waals surface area contributed by atoms with Crippen LogP contribution in [0.25, 0.3) is 0 Å². The molecular formula is C24H40N3O2+.